The summed E-state index contributed by atoms with van der Waals surface area (Å²) >= 11 is 0. The van der Waals surface area contributed by atoms with E-state index in [0.717, 1.165) is 0 Å². The number of methoxy groups -OCH3 is 1. The first-order valence-corrected chi connectivity index (χ1v) is 4.65. The second-order valence-corrected chi connectivity index (χ2v) is 3.27. The van der Waals surface area contributed by atoms with Crippen LogP contribution in [0.25, 0.3) is 0 Å². The molecule has 1 heterocycles. The summed E-state index contributed by atoms with van der Waals surface area (Å²) in [6.07, 6.45) is 1.55. The van der Waals surface area contributed by atoms with Crippen LogP contribution in [0.15, 0.2) is 18.3 Å². The van der Waals surface area contributed by atoms with E-state index in [4.69, 9.17) is 10.5 Å². The summed E-state index contributed by atoms with van der Waals surface area (Å²) in [6.45, 7) is 2.32. The topological polar surface area (TPSA) is 77.2 Å². The third-order valence-electron chi connectivity index (χ3n) is 1.88. The zero-order chi connectivity index (χ0) is 11.3. The molecular weight excluding hydrogens is 194 g/mol. The van der Waals surface area contributed by atoms with Gasteiger partial charge in [0.05, 0.1) is 12.2 Å². The Morgan fingerprint density at radius 2 is 2.47 bits per heavy atom. The molecule has 0 aromatic carbocycles. The van der Waals surface area contributed by atoms with Crippen molar-refractivity contribution in [1.82, 2.24) is 10.3 Å². The van der Waals surface area contributed by atoms with Crippen LogP contribution in [0.4, 0.5) is 5.82 Å². The van der Waals surface area contributed by atoms with Crippen LogP contribution in [0.1, 0.15) is 17.3 Å². The lowest BCUT2D eigenvalue weighted by Crippen LogP contribution is -2.36. The first-order valence-electron chi connectivity index (χ1n) is 4.65. The largest absolute Gasteiger partial charge is 0.383 e. The average Bonchev–Trinajstić information content (AvgIpc) is 2.18. The molecular formula is C10H15N3O2. The molecule has 1 amide bonds. The van der Waals surface area contributed by atoms with Gasteiger partial charge in [0, 0.05) is 19.3 Å². The summed E-state index contributed by atoms with van der Waals surface area (Å²) in [5, 5.41) is 2.75. The van der Waals surface area contributed by atoms with Crippen molar-refractivity contribution in [3.63, 3.8) is 0 Å². The van der Waals surface area contributed by atoms with E-state index in [2.05, 4.69) is 10.3 Å². The zero-order valence-electron chi connectivity index (χ0n) is 8.86. The van der Waals surface area contributed by atoms with Crippen molar-refractivity contribution in [2.45, 2.75) is 13.0 Å². The van der Waals surface area contributed by atoms with Gasteiger partial charge in [-0.2, -0.15) is 0 Å². The minimum Gasteiger partial charge on any atom is -0.383 e. The first-order chi connectivity index (χ1) is 7.15. The van der Waals surface area contributed by atoms with Crippen molar-refractivity contribution in [2.75, 3.05) is 19.5 Å². The Morgan fingerprint density at radius 3 is 3.07 bits per heavy atom. The van der Waals surface area contributed by atoms with E-state index in [0.29, 0.717) is 12.2 Å². The van der Waals surface area contributed by atoms with Gasteiger partial charge >= 0.3 is 0 Å². The number of amides is 1. The highest BCUT2D eigenvalue weighted by molar-refractivity contribution is 5.98. The molecule has 0 radical (unpaired) electrons. The van der Waals surface area contributed by atoms with Crippen molar-refractivity contribution in [3.05, 3.63) is 23.9 Å². The lowest BCUT2D eigenvalue weighted by Gasteiger charge is -2.13. The molecule has 0 saturated heterocycles. The van der Waals surface area contributed by atoms with Crippen molar-refractivity contribution in [2.24, 2.45) is 0 Å². The molecule has 1 unspecified atom stereocenters. The fourth-order valence-corrected chi connectivity index (χ4v) is 1.20. The number of carbonyl (C=O) groups is 1. The predicted molar refractivity (Wildman–Crippen MR) is 57.5 cm³/mol. The highest BCUT2D eigenvalue weighted by atomic mass is 16.5. The molecule has 0 aliphatic rings. The number of rotatable bonds is 4. The number of ether oxygens (including phenoxy) is 1. The van der Waals surface area contributed by atoms with Crippen LogP contribution in [0.2, 0.25) is 0 Å². The summed E-state index contributed by atoms with van der Waals surface area (Å²) in [5.74, 6) is 0.00441. The van der Waals surface area contributed by atoms with E-state index in [9.17, 15) is 4.79 Å². The molecule has 0 saturated carbocycles. The number of nitrogens with one attached hydrogen (secondary N) is 1. The molecule has 1 aromatic rings. The van der Waals surface area contributed by atoms with E-state index in [-0.39, 0.29) is 17.8 Å². The first kappa shape index (κ1) is 11.5. The third kappa shape index (κ3) is 3.21. The number of carbonyl (C=O) groups excluding carboxylic acids is 1. The van der Waals surface area contributed by atoms with Gasteiger partial charge in [-0.05, 0) is 19.1 Å². The second-order valence-electron chi connectivity index (χ2n) is 3.27. The Balaban J connectivity index is 2.65. The van der Waals surface area contributed by atoms with Gasteiger partial charge in [0.15, 0.2) is 0 Å². The van der Waals surface area contributed by atoms with Crippen LogP contribution in [-0.4, -0.2) is 30.6 Å². The predicted octanol–water partition coefficient (Wildman–Crippen LogP) is 0.429. The normalized spacial score (nSPS) is 12.1. The molecule has 0 fully saturated rings. The smallest absolute Gasteiger partial charge is 0.255 e. The van der Waals surface area contributed by atoms with Gasteiger partial charge in [0.1, 0.15) is 5.82 Å². The van der Waals surface area contributed by atoms with Crippen LogP contribution >= 0.6 is 0 Å². The Kier molecular flexibility index (Phi) is 4.05. The van der Waals surface area contributed by atoms with Gasteiger partial charge in [-0.15, -0.1) is 0 Å². The number of nitrogens with two attached hydrogens (primary N) is 1. The summed E-state index contributed by atoms with van der Waals surface area (Å²) in [4.78, 5) is 15.5. The maximum Gasteiger partial charge on any atom is 0.255 e. The summed E-state index contributed by atoms with van der Waals surface area (Å²) in [6, 6.07) is 3.26. The lowest BCUT2D eigenvalue weighted by atomic mass is 10.2. The van der Waals surface area contributed by atoms with Crippen molar-refractivity contribution in [1.29, 1.82) is 0 Å². The Hall–Kier alpha value is -1.62. The molecule has 1 atom stereocenters. The highest BCUT2D eigenvalue weighted by Crippen LogP contribution is 2.06. The van der Waals surface area contributed by atoms with Crippen LogP contribution < -0.4 is 11.1 Å². The molecule has 0 aliphatic heterocycles. The molecule has 0 aliphatic carbocycles. The quantitative estimate of drug-likeness (QED) is 0.753. The van der Waals surface area contributed by atoms with E-state index < -0.39 is 0 Å². The minimum atomic E-state index is -0.231. The van der Waals surface area contributed by atoms with Gasteiger partial charge in [-0.1, -0.05) is 0 Å². The van der Waals surface area contributed by atoms with Crippen molar-refractivity contribution >= 4 is 11.7 Å². The number of aromatic nitrogens is 1. The molecule has 1 rings (SSSR count). The van der Waals surface area contributed by atoms with Gasteiger partial charge in [-0.3, -0.25) is 4.79 Å². The second kappa shape index (κ2) is 5.31. The van der Waals surface area contributed by atoms with Crippen LogP contribution in [0.5, 0.6) is 0 Å². The van der Waals surface area contributed by atoms with Gasteiger partial charge in [-0.25, -0.2) is 4.98 Å². The maximum absolute atomic E-state index is 11.7. The van der Waals surface area contributed by atoms with Crippen molar-refractivity contribution in [3.8, 4) is 0 Å². The van der Waals surface area contributed by atoms with E-state index in [1.807, 2.05) is 6.92 Å². The molecule has 82 valence electrons. The average molecular weight is 209 g/mol. The molecule has 0 spiro atoms. The molecule has 3 N–H and O–H groups in total. The molecule has 1 aromatic heterocycles. The molecule has 5 nitrogen and oxygen atoms in total. The SMILES string of the molecule is COCC(C)NC(=O)c1cccnc1N. The number of hydrogen-bond acceptors (Lipinski definition) is 4. The van der Waals surface area contributed by atoms with E-state index in [1.54, 1.807) is 25.4 Å². The Bertz CT molecular complexity index is 341. The minimum absolute atomic E-state index is 0.0536. The van der Waals surface area contributed by atoms with E-state index in [1.165, 1.54) is 0 Å². The molecule has 15 heavy (non-hydrogen) atoms. The van der Waals surface area contributed by atoms with Gasteiger partial charge in [0.25, 0.3) is 5.91 Å². The lowest BCUT2D eigenvalue weighted by molar-refractivity contribution is 0.0906. The maximum atomic E-state index is 11.7. The molecule has 5 heteroatoms. The zero-order valence-corrected chi connectivity index (χ0v) is 8.86. The number of nitrogen functional groups attached to an aromatic ring is 1. The van der Waals surface area contributed by atoms with E-state index >= 15 is 0 Å². The van der Waals surface area contributed by atoms with Crippen LogP contribution in [0.3, 0.4) is 0 Å². The number of anilines is 1. The summed E-state index contributed by atoms with van der Waals surface area (Å²) in [7, 11) is 1.58. The van der Waals surface area contributed by atoms with Gasteiger partial charge < -0.3 is 15.8 Å². The fourth-order valence-electron chi connectivity index (χ4n) is 1.20. The summed E-state index contributed by atoms with van der Waals surface area (Å²) < 4.78 is 4.91. The number of hydrogen-bond donors (Lipinski definition) is 2. The highest BCUT2D eigenvalue weighted by Gasteiger charge is 2.12. The number of nitrogens with zero attached hydrogens (tertiary/aromatic N) is 1. The fraction of sp³-hybridized carbons (Fsp3) is 0.400. The van der Waals surface area contributed by atoms with Crippen LogP contribution in [-0.2, 0) is 4.74 Å². The molecule has 0 bridgehead atoms. The van der Waals surface area contributed by atoms with Crippen molar-refractivity contribution < 1.29 is 9.53 Å². The Labute approximate surface area is 88.6 Å². The number of pyridine rings is 1. The van der Waals surface area contributed by atoms with Crippen LogP contribution in [0, 0.1) is 0 Å². The van der Waals surface area contributed by atoms with Gasteiger partial charge in [0.2, 0.25) is 0 Å². The third-order valence-corrected chi connectivity index (χ3v) is 1.88. The monoisotopic (exact) mass is 209 g/mol. The standard InChI is InChI=1S/C10H15N3O2/c1-7(6-15-2)13-10(14)8-4-3-5-12-9(8)11/h3-5,7H,6H2,1-2H3,(H2,11,12)(H,13,14). The summed E-state index contributed by atoms with van der Waals surface area (Å²) in [5.41, 5.74) is 5.96. The Morgan fingerprint density at radius 1 is 1.73 bits per heavy atom.